The normalized spacial score (nSPS) is 25.5. The third-order valence-corrected chi connectivity index (χ3v) is 5.34. The molecule has 26 heavy (non-hydrogen) atoms. The van der Waals surface area contributed by atoms with Crippen LogP contribution in [0.1, 0.15) is 31.2 Å². The van der Waals surface area contributed by atoms with Gasteiger partial charge in [-0.25, -0.2) is 0 Å². The molecule has 0 radical (unpaired) electrons. The molecule has 2 aliphatic heterocycles. The second kappa shape index (κ2) is 7.25. The van der Waals surface area contributed by atoms with Crippen molar-refractivity contribution in [2.75, 3.05) is 19.9 Å². The van der Waals surface area contributed by atoms with Gasteiger partial charge in [-0.05, 0) is 30.5 Å². The zero-order chi connectivity index (χ0) is 18.1. The maximum Gasteiger partial charge on any atom is 0.233 e. The molecule has 1 aliphatic carbocycles. The van der Waals surface area contributed by atoms with Crippen molar-refractivity contribution in [3.05, 3.63) is 23.8 Å². The smallest absolute Gasteiger partial charge is 0.233 e. The summed E-state index contributed by atoms with van der Waals surface area (Å²) in [6, 6.07) is 5.53. The van der Waals surface area contributed by atoms with Gasteiger partial charge in [0.05, 0.1) is 37.7 Å². The number of ether oxygens (including phenoxy) is 3. The van der Waals surface area contributed by atoms with E-state index >= 15 is 0 Å². The number of amides is 2. The maximum atomic E-state index is 12.4. The van der Waals surface area contributed by atoms with Crippen LogP contribution in [0.2, 0.25) is 0 Å². The molecule has 1 aromatic rings. The summed E-state index contributed by atoms with van der Waals surface area (Å²) in [6.07, 6.45) is 2.66. The van der Waals surface area contributed by atoms with Crippen molar-refractivity contribution in [2.45, 2.75) is 38.4 Å². The summed E-state index contributed by atoms with van der Waals surface area (Å²) in [4.78, 5) is 26.1. The van der Waals surface area contributed by atoms with Crippen LogP contribution in [0, 0.1) is 11.8 Å². The molecular weight excluding hydrogens is 338 g/mol. The molecule has 3 aliphatic rings. The standard InChI is InChI=1S/C19H23NO6/c21-13(8-20-18(22)14-3-1-2-4-15(14)19(20)23)10-24-9-12-5-6-16-17(7-12)26-11-25-16/h5-7,13-15,21H,1-4,8-11H2. The van der Waals surface area contributed by atoms with Gasteiger partial charge in [-0.15, -0.1) is 0 Å². The van der Waals surface area contributed by atoms with Crippen LogP contribution in [0.4, 0.5) is 0 Å². The van der Waals surface area contributed by atoms with E-state index in [0.717, 1.165) is 31.2 Å². The summed E-state index contributed by atoms with van der Waals surface area (Å²) in [5, 5.41) is 10.2. The highest BCUT2D eigenvalue weighted by Crippen LogP contribution is 2.38. The van der Waals surface area contributed by atoms with E-state index in [9.17, 15) is 14.7 Å². The number of aliphatic hydroxyl groups is 1. The zero-order valence-electron chi connectivity index (χ0n) is 14.6. The lowest BCUT2D eigenvalue weighted by Crippen LogP contribution is -2.39. The van der Waals surface area contributed by atoms with E-state index in [2.05, 4.69) is 0 Å². The second-order valence-corrected chi connectivity index (χ2v) is 7.14. The van der Waals surface area contributed by atoms with E-state index < -0.39 is 6.10 Å². The first-order chi connectivity index (χ1) is 12.6. The van der Waals surface area contributed by atoms with E-state index in [4.69, 9.17) is 14.2 Å². The number of β-amino-alcohol motifs (C(OH)–C–C–N with tert-alkyl or cyclic N) is 1. The Morgan fingerprint density at radius 1 is 1.12 bits per heavy atom. The summed E-state index contributed by atoms with van der Waals surface area (Å²) >= 11 is 0. The molecule has 0 bridgehead atoms. The first-order valence-electron chi connectivity index (χ1n) is 9.13. The average molecular weight is 361 g/mol. The molecule has 7 nitrogen and oxygen atoms in total. The monoisotopic (exact) mass is 361 g/mol. The van der Waals surface area contributed by atoms with E-state index in [1.165, 1.54) is 4.90 Å². The molecule has 2 amide bonds. The molecule has 2 heterocycles. The van der Waals surface area contributed by atoms with Gasteiger partial charge in [0.1, 0.15) is 0 Å². The third-order valence-electron chi connectivity index (χ3n) is 5.34. The highest BCUT2D eigenvalue weighted by atomic mass is 16.7. The van der Waals surface area contributed by atoms with Gasteiger partial charge in [-0.3, -0.25) is 14.5 Å². The predicted octanol–water partition coefficient (Wildman–Crippen LogP) is 1.47. The van der Waals surface area contributed by atoms with Gasteiger partial charge in [-0.1, -0.05) is 18.9 Å². The molecule has 3 atom stereocenters. The number of likely N-dealkylation sites (tertiary alicyclic amines) is 1. The van der Waals surface area contributed by atoms with E-state index in [1.807, 2.05) is 18.2 Å². The Hall–Kier alpha value is -2.12. The highest BCUT2D eigenvalue weighted by molar-refractivity contribution is 6.05. The number of carbonyl (C=O) groups excluding carboxylic acids is 2. The van der Waals surface area contributed by atoms with Gasteiger partial charge in [-0.2, -0.15) is 0 Å². The Labute approximate surface area is 151 Å². The lowest BCUT2D eigenvalue weighted by Gasteiger charge is -2.19. The molecule has 7 heteroatoms. The number of imide groups is 1. The third kappa shape index (κ3) is 3.29. The number of fused-ring (bicyclic) bond motifs is 2. The summed E-state index contributed by atoms with van der Waals surface area (Å²) in [7, 11) is 0. The number of nitrogens with zero attached hydrogens (tertiary/aromatic N) is 1. The second-order valence-electron chi connectivity index (χ2n) is 7.14. The van der Waals surface area contributed by atoms with Crippen molar-refractivity contribution < 1.29 is 28.9 Å². The first kappa shape index (κ1) is 17.3. The average Bonchev–Trinajstić information content (AvgIpc) is 3.21. The van der Waals surface area contributed by atoms with Crippen LogP contribution >= 0.6 is 0 Å². The molecule has 0 spiro atoms. The van der Waals surface area contributed by atoms with Gasteiger partial charge in [0.25, 0.3) is 0 Å². The molecule has 140 valence electrons. The van der Waals surface area contributed by atoms with Crippen LogP contribution in [0.25, 0.3) is 0 Å². The van der Waals surface area contributed by atoms with Gasteiger partial charge in [0, 0.05) is 0 Å². The number of hydrogen-bond donors (Lipinski definition) is 1. The minimum absolute atomic E-state index is 0.00576. The molecule has 1 N–H and O–H groups in total. The van der Waals surface area contributed by atoms with Crippen molar-refractivity contribution >= 4 is 11.8 Å². The minimum Gasteiger partial charge on any atom is -0.454 e. The van der Waals surface area contributed by atoms with Crippen molar-refractivity contribution in [2.24, 2.45) is 11.8 Å². The number of rotatable bonds is 6. The SMILES string of the molecule is O=C1C2CCCCC2C(=O)N1CC(O)COCc1ccc2c(c1)OCO2. The van der Waals surface area contributed by atoms with Gasteiger partial charge >= 0.3 is 0 Å². The molecular formula is C19H23NO6. The van der Waals surface area contributed by atoms with Crippen LogP contribution in [0.3, 0.4) is 0 Å². The lowest BCUT2D eigenvalue weighted by molar-refractivity contribution is -0.142. The molecule has 2 fully saturated rings. The minimum atomic E-state index is -0.892. The van der Waals surface area contributed by atoms with Gasteiger partial charge < -0.3 is 19.3 Å². The highest BCUT2D eigenvalue weighted by Gasteiger charge is 2.48. The fourth-order valence-electron chi connectivity index (χ4n) is 4.02. The van der Waals surface area contributed by atoms with E-state index in [-0.39, 0.29) is 43.6 Å². The van der Waals surface area contributed by atoms with Gasteiger partial charge in [0.2, 0.25) is 18.6 Å². The number of hydrogen-bond acceptors (Lipinski definition) is 6. The summed E-state index contributed by atoms with van der Waals surface area (Å²) in [6.45, 7) is 0.589. The molecule has 1 saturated carbocycles. The fraction of sp³-hybridized carbons (Fsp3) is 0.579. The fourth-order valence-corrected chi connectivity index (χ4v) is 4.02. The number of benzene rings is 1. The number of carbonyl (C=O) groups is 2. The van der Waals surface area contributed by atoms with Crippen molar-refractivity contribution in [3.63, 3.8) is 0 Å². The molecule has 0 aromatic heterocycles. The quantitative estimate of drug-likeness (QED) is 0.773. The summed E-state index contributed by atoms with van der Waals surface area (Å²) < 4.78 is 16.1. The Morgan fingerprint density at radius 3 is 2.54 bits per heavy atom. The predicted molar refractivity (Wildman–Crippen MR) is 90.4 cm³/mol. The van der Waals surface area contributed by atoms with Crippen LogP contribution < -0.4 is 9.47 Å². The Bertz CT molecular complexity index is 681. The van der Waals surface area contributed by atoms with Gasteiger partial charge in [0.15, 0.2) is 11.5 Å². The summed E-state index contributed by atoms with van der Waals surface area (Å²) in [5.74, 6) is 0.767. The van der Waals surface area contributed by atoms with Crippen molar-refractivity contribution in [1.29, 1.82) is 0 Å². The van der Waals surface area contributed by atoms with E-state index in [0.29, 0.717) is 18.1 Å². The van der Waals surface area contributed by atoms with Crippen LogP contribution in [-0.4, -0.2) is 47.9 Å². The molecule has 1 saturated heterocycles. The molecule has 3 unspecified atom stereocenters. The van der Waals surface area contributed by atoms with E-state index in [1.54, 1.807) is 0 Å². The number of aliphatic hydroxyl groups excluding tert-OH is 1. The zero-order valence-corrected chi connectivity index (χ0v) is 14.6. The Morgan fingerprint density at radius 2 is 1.81 bits per heavy atom. The van der Waals surface area contributed by atoms with Crippen LogP contribution in [0.15, 0.2) is 18.2 Å². The Balaban J connectivity index is 1.27. The largest absolute Gasteiger partial charge is 0.454 e. The van der Waals surface area contributed by atoms with Crippen LogP contribution in [0.5, 0.6) is 11.5 Å². The molecule has 4 rings (SSSR count). The van der Waals surface area contributed by atoms with Crippen LogP contribution in [-0.2, 0) is 20.9 Å². The van der Waals surface area contributed by atoms with Crippen molar-refractivity contribution in [1.82, 2.24) is 4.90 Å². The summed E-state index contributed by atoms with van der Waals surface area (Å²) in [5.41, 5.74) is 0.904. The maximum absolute atomic E-state index is 12.4. The molecule has 1 aromatic carbocycles. The van der Waals surface area contributed by atoms with Crippen molar-refractivity contribution in [3.8, 4) is 11.5 Å². The lowest BCUT2D eigenvalue weighted by atomic mass is 9.81. The first-order valence-corrected chi connectivity index (χ1v) is 9.13. The Kier molecular flexibility index (Phi) is 4.82. The topological polar surface area (TPSA) is 85.3 Å².